The number of carbonyl (C=O) groups is 3. The Hall–Kier alpha value is -5.05. The van der Waals surface area contributed by atoms with Crippen LogP contribution < -0.4 is 9.62 Å². The Bertz CT molecular complexity index is 1980. The summed E-state index contributed by atoms with van der Waals surface area (Å²) in [5.41, 5.74) is 3.77. The molecule has 51 heavy (non-hydrogen) atoms. The van der Waals surface area contributed by atoms with E-state index in [1.807, 2.05) is 0 Å². The first-order chi connectivity index (χ1) is 24.4. The van der Waals surface area contributed by atoms with E-state index < -0.39 is 33.5 Å². The Morgan fingerprint density at radius 3 is 2.33 bits per heavy atom. The number of aliphatic hydroxyl groups is 1. The Morgan fingerprint density at radius 2 is 1.71 bits per heavy atom. The second-order valence-corrected chi connectivity index (χ2v) is 13.8. The lowest BCUT2D eigenvalue weighted by Crippen LogP contribution is -2.33. The lowest BCUT2D eigenvalue weighted by molar-refractivity contribution is -0.151. The maximum atomic E-state index is 13.7. The molecule has 12 nitrogen and oxygen atoms in total. The van der Waals surface area contributed by atoms with Crippen LogP contribution >= 0.6 is 0 Å². The van der Waals surface area contributed by atoms with Gasteiger partial charge in [-0.15, -0.1) is 0 Å². The zero-order valence-electron chi connectivity index (χ0n) is 28.4. The Labute approximate surface area is 295 Å². The van der Waals surface area contributed by atoms with Crippen molar-refractivity contribution in [2.24, 2.45) is 0 Å². The molecule has 0 radical (unpaired) electrons. The largest absolute Gasteiger partial charge is 0.507 e. The van der Waals surface area contributed by atoms with Gasteiger partial charge in [-0.2, -0.15) is 0 Å². The number of fused-ring (bicyclic) bond motifs is 1. The van der Waals surface area contributed by atoms with Gasteiger partial charge in [0.2, 0.25) is 10.0 Å². The van der Waals surface area contributed by atoms with Crippen molar-refractivity contribution in [1.82, 2.24) is 5.32 Å². The number of hydrogen-bond donors (Lipinski definition) is 2. The second-order valence-electron chi connectivity index (χ2n) is 11.9. The van der Waals surface area contributed by atoms with Gasteiger partial charge in [-0.3, -0.25) is 13.9 Å². The Morgan fingerprint density at radius 1 is 1.02 bits per heavy atom. The molecule has 1 amide bonds. The zero-order chi connectivity index (χ0) is 36.7. The second kappa shape index (κ2) is 16.3. The first-order valence-corrected chi connectivity index (χ1v) is 18.2. The molecule has 2 N–H and O–H groups in total. The van der Waals surface area contributed by atoms with Gasteiger partial charge in [-0.05, 0) is 67.1 Å². The lowest BCUT2D eigenvalue weighted by Gasteiger charge is -2.23. The molecule has 2 aromatic carbocycles. The van der Waals surface area contributed by atoms with Crippen LogP contribution in [-0.4, -0.2) is 77.5 Å². The summed E-state index contributed by atoms with van der Waals surface area (Å²) < 4.78 is 63.5. The first kappa shape index (κ1) is 37.2. The molecule has 14 heteroatoms. The number of ketones is 1. The van der Waals surface area contributed by atoms with Crippen molar-refractivity contribution in [3.05, 3.63) is 94.8 Å². The van der Waals surface area contributed by atoms with E-state index in [-0.39, 0.29) is 62.6 Å². The fraction of sp³-hybridized carbons (Fsp3) is 0.324. The summed E-state index contributed by atoms with van der Waals surface area (Å²) in [6.07, 6.45) is 3.66. The minimum Gasteiger partial charge on any atom is -0.507 e. The molecule has 1 aliphatic heterocycles. The number of nitrogens with one attached hydrogen (secondary N) is 1. The number of rotatable bonds is 17. The predicted molar refractivity (Wildman–Crippen MR) is 187 cm³/mol. The Balaban J connectivity index is 1.22. The highest BCUT2D eigenvalue weighted by Gasteiger charge is 2.37. The maximum Gasteiger partial charge on any atom is 0.379 e. The minimum absolute atomic E-state index is 0.0269. The molecule has 3 aliphatic rings. The molecule has 1 fully saturated rings. The van der Waals surface area contributed by atoms with Crippen LogP contribution in [0.1, 0.15) is 52.7 Å². The van der Waals surface area contributed by atoms with Crippen LogP contribution in [0, 0.1) is 5.82 Å². The van der Waals surface area contributed by atoms with E-state index in [1.54, 1.807) is 43.3 Å². The summed E-state index contributed by atoms with van der Waals surface area (Å²) >= 11 is 0. The van der Waals surface area contributed by atoms with Gasteiger partial charge in [0.05, 0.1) is 57.1 Å². The van der Waals surface area contributed by atoms with Gasteiger partial charge in [0, 0.05) is 35.9 Å². The van der Waals surface area contributed by atoms with E-state index >= 15 is 0 Å². The van der Waals surface area contributed by atoms with Crippen LogP contribution in [0.15, 0.2) is 71.2 Å². The smallest absolute Gasteiger partial charge is 0.379 e. The highest BCUT2D eigenvalue weighted by Crippen LogP contribution is 2.53. The number of amides is 1. The van der Waals surface area contributed by atoms with Crippen molar-refractivity contribution in [1.29, 1.82) is 0 Å². The van der Waals surface area contributed by atoms with Gasteiger partial charge in [-0.1, -0.05) is 24.3 Å². The molecule has 0 atom stereocenters. The van der Waals surface area contributed by atoms with Gasteiger partial charge in [-0.25, -0.2) is 17.6 Å². The van der Waals surface area contributed by atoms with Crippen LogP contribution in [0.3, 0.4) is 0 Å². The van der Waals surface area contributed by atoms with Crippen molar-refractivity contribution < 1.29 is 50.9 Å². The normalized spacial score (nSPS) is 13.3. The summed E-state index contributed by atoms with van der Waals surface area (Å²) in [6.45, 7) is 2.38. The van der Waals surface area contributed by atoms with Crippen LogP contribution in [0.2, 0.25) is 0 Å². The highest BCUT2D eigenvalue weighted by molar-refractivity contribution is 7.92. The number of nitrogens with zero attached hydrogens (tertiary/aromatic N) is 1. The van der Waals surface area contributed by atoms with E-state index in [4.69, 9.17) is 13.9 Å². The molecule has 0 unspecified atom stereocenters. The first-order valence-electron chi connectivity index (χ1n) is 16.3. The van der Waals surface area contributed by atoms with Crippen molar-refractivity contribution in [2.75, 3.05) is 50.6 Å². The molecule has 0 spiro atoms. The zero-order valence-corrected chi connectivity index (χ0v) is 29.3. The molecule has 2 aliphatic carbocycles. The SMILES string of the molecule is CCOC(=O)C(=O)C=C(O)c1ccc(COCCOCCN(c2cc3oc(-c4ccc(F)cc4)c(C(=O)NC)cc-3c2C2CC2)S(C)(=O)=O)cc1. The number of halogens is 1. The average Bonchev–Trinajstić information content (AvgIpc) is 3.88. The quantitative estimate of drug-likeness (QED) is 0.0471. The molecule has 5 rings (SSSR count). The van der Waals surface area contributed by atoms with Crippen molar-refractivity contribution >= 4 is 39.1 Å². The van der Waals surface area contributed by atoms with E-state index in [1.165, 1.54) is 35.6 Å². The fourth-order valence-corrected chi connectivity index (χ4v) is 6.46. The molecule has 2 aromatic rings. The number of sulfonamides is 1. The van der Waals surface area contributed by atoms with Crippen LogP contribution in [0.5, 0.6) is 0 Å². The average molecular weight is 723 g/mol. The third kappa shape index (κ3) is 9.20. The van der Waals surface area contributed by atoms with Gasteiger partial charge < -0.3 is 29.1 Å². The molecule has 1 heterocycles. The van der Waals surface area contributed by atoms with Gasteiger partial charge in [0.15, 0.2) is 0 Å². The number of hydrogen-bond acceptors (Lipinski definition) is 10. The molecule has 270 valence electrons. The van der Waals surface area contributed by atoms with Crippen LogP contribution in [0.4, 0.5) is 10.1 Å². The van der Waals surface area contributed by atoms with Crippen LogP contribution in [0.25, 0.3) is 28.4 Å². The number of carbonyl (C=O) groups excluding carboxylic acids is 3. The third-order valence-corrected chi connectivity index (χ3v) is 9.33. The number of aliphatic hydroxyl groups excluding tert-OH is 1. The van der Waals surface area contributed by atoms with Gasteiger partial charge >= 0.3 is 5.97 Å². The fourth-order valence-electron chi connectivity index (χ4n) is 5.55. The molecular weight excluding hydrogens is 683 g/mol. The topological polar surface area (TPSA) is 162 Å². The number of anilines is 1. The third-order valence-electron chi connectivity index (χ3n) is 8.15. The maximum absolute atomic E-state index is 13.7. The number of esters is 1. The van der Waals surface area contributed by atoms with Gasteiger partial charge in [0.25, 0.3) is 11.7 Å². The van der Waals surface area contributed by atoms with Gasteiger partial charge in [0.1, 0.15) is 23.1 Å². The highest BCUT2D eigenvalue weighted by atomic mass is 32.2. The van der Waals surface area contributed by atoms with Crippen molar-refractivity contribution in [2.45, 2.75) is 32.3 Å². The lowest BCUT2D eigenvalue weighted by atomic mass is 10.0. The van der Waals surface area contributed by atoms with E-state index in [0.29, 0.717) is 28.1 Å². The monoisotopic (exact) mass is 722 g/mol. The molecule has 0 bridgehead atoms. The van der Waals surface area contributed by atoms with E-state index in [9.17, 15) is 32.3 Å². The van der Waals surface area contributed by atoms with E-state index in [0.717, 1.165) is 36.3 Å². The predicted octanol–water partition coefficient (Wildman–Crippen LogP) is 5.46. The summed E-state index contributed by atoms with van der Waals surface area (Å²) in [7, 11) is -2.25. The van der Waals surface area contributed by atoms with Crippen molar-refractivity contribution in [3.63, 3.8) is 0 Å². The van der Waals surface area contributed by atoms with E-state index in [2.05, 4.69) is 10.1 Å². The number of benzene rings is 2. The summed E-state index contributed by atoms with van der Waals surface area (Å²) in [5.74, 6) is -2.46. The summed E-state index contributed by atoms with van der Waals surface area (Å²) in [6, 6.07) is 15.5. The standard InChI is InChI=1S/C37H39FN2O10S/c1-4-49-37(44)32(42)21-31(41)24-7-5-23(6-8-24)22-48-18-17-47-16-15-40(51(3,45)46)30-20-33-28(34(30)25-9-10-25)19-29(36(43)39-2)35(50-33)26-11-13-27(38)14-12-26/h5-8,11-14,19-21,25,41H,4,9-10,15-18,22H2,1-3H3,(H,39,43). The molecule has 1 saturated carbocycles. The summed E-state index contributed by atoms with van der Waals surface area (Å²) in [4.78, 5) is 36.2. The summed E-state index contributed by atoms with van der Waals surface area (Å²) in [5, 5.41) is 12.8. The van der Waals surface area contributed by atoms with Crippen molar-refractivity contribution in [3.8, 4) is 22.6 Å². The van der Waals surface area contributed by atoms with Crippen LogP contribution in [-0.2, 0) is 40.4 Å². The minimum atomic E-state index is -3.75. The molecule has 0 saturated heterocycles. The molecule has 0 aromatic heterocycles. The Kier molecular flexibility index (Phi) is 11.9. The number of ether oxygens (including phenoxy) is 3. The molecular formula is C37H39FN2O10S.